The number of nitrogens with one attached hydrogen (secondary N) is 1. The molecule has 16 heavy (non-hydrogen) atoms. The molecule has 0 bridgehead atoms. The number of hydroxylamine groups is 2. The minimum atomic E-state index is -2.66. The van der Waals surface area contributed by atoms with Gasteiger partial charge in [-0.2, -0.15) is 0 Å². The first-order chi connectivity index (χ1) is 7.65. The van der Waals surface area contributed by atoms with Crippen LogP contribution < -0.4 is 5.32 Å². The molecule has 0 aromatic rings. The monoisotopic (exact) mass is 250 g/mol. The Hall–Kier alpha value is -0.420. The highest BCUT2D eigenvalue weighted by molar-refractivity contribution is 7.37. The van der Waals surface area contributed by atoms with Crippen molar-refractivity contribution >= 4 is 13.9 Å². The van der Waals surface area contributed by atoms with Crippen LogP contribution in [0, 0.1) is 0 Å². The molecular weight excluding hydrogens is 231 g/mol. The molecule has 7 heteroatoms. The van der Waals surface area contributed by atoms with Crippen LogP contribution in [0.2, 0.25) is 0 Å². The SMILES string of the molecule is CCCCCNC1CN(OC[PH](=O)O)C1=O. The fourth-order valence-electron chi connectivity index (χ4n) is 1.45. The topological polar surface area (TPSA) is 78.9 Å². The second-order valence-corrected chi connectivity index (χ2v) is 4.86. The van der Waals surface area contributed by atoms with Gasteiger partial charge in [-0.15, -0.1) is 0 Å². The molecule has 1 heterocycles. The summed E-state index contributed by atoms with van der Waals surface area (Å²) in [6.45, 7) is 3.41. The molecule has 0 aliphatic carbocycles. The predicted octanol–water partition coefficient (Wildman–Crippen LogP) is 0.333. The number of carbonyl (C=O) groups excluding carboxylic acids is 1. The van der Waals surface area contributed by atoms with Crippen LogP contribution in [0.1, 0.15) is 26.2 Å². The molecule has 0 radical (unpaired) electrons. The van der Waals surface area contributed by atoms with E-state index in [-0.39, 0.29) is 18.3 Å². The first-order valence-corrected chi connectivity index (χ1v) is 7.11. The second-order valence-electron chi connectivity index (χ2n) is 3.78. The van der Waals surface area contributed by atoms with Gasteiger partial charge in [0.25, 0.3) is 5.91 Å². The largest absolute Gasteiger partial charge is 0.345 e. The highest BCUT2D eigenvalue weighted by Gasteiger charge is 2.37. The van der Waals surface area contributed by atoms with Gasteiger partial charge in [-0.05, 0) is 13.0 Å². The van der Waals surface area contributed by atoms with Crippen LogP contribution in [0.25, 0.3) is 0 Å². The Morgan fingerprint density at radius 3 is 2.94 bits per heavy atom. The molecule has 1 saturated heterocycles. The number of nitrogens with zero attached hydrogens (tertiary/aromatic N) is 1. The van der Waals surface area contributed by atoms with Gasteiger partial charge in [0.15, 0.2) is 0 Å². The predicted molar refractivity (Wildman–Crippen MR) is 60.2 cm³/mol. The van der Waals surface area contributed by atoms with Crippen LogP contribution in [0.15, 0.2) is 0 Å². The van der Waals surface area contributed by atoms with Gasteiger partial charge >= 0.3 is 0 Å². The van der Waals surface area contributed by atoms with Crippen molar-refractivity contribution in [3.63, 3.8) is 0 Å². The number of β-lactam (4-membered cyclic amide) rings is 1. The van der Waals surface area contributed by atoms with Gasteiger partial charge in [-0.25, -0.2) is 5.06 Å². The van der Waals surface area contributed by atoms with E-state index >= 15 is 0 Å². The van der Waals surface area contributed by atoms with E-state index in [1.807, 2.05) is 0 Å². The summed E-state index contributed by atoms with van der Waals surface area (Å²) in [4.78, 5) is 24.8. The summed E-state index contributed by atoms with van der Waals surface area (Å²) in [6.07, 6.45) is 3.09. The number of rotatable bonds is 8. The average molecular weight is 250 g/mol. The molecule has 1 aliphatic heterocycles. The standard InChI is InChI=1S/C9H19N2O4P/c1-2-3-4-5-10-8-6-11(9(8)12)15-7-16(13)14/h8,10,16H,2-7H2,1H3,(H,13,14). The Kier molecular flexibility index (Phi) is 5.98. The summed E-state index contributed by atoms with van der Waals surface area (Å²) in [5.41, 5.74) is 0. The minimum Gasteiger partial charge on any atom is -0.345 e. The lowest BCUT2D eigenvalue weighted by atomic mass is 10.1. The van der Waals surface area contributed by atoms with Crippen LogP contribution >= 0.6 is 8.03 Å². The first kappa shape index (κ1) is 13.6. The Bertz CT molecular complexity index is 262. The number of hydrogen-bond donors (Lipinski definition) is 2. The maximum atomic E-state index is 11.4. The molecule has 1 amide bonds. The van der Waals surface area contributed by atoms with Gasteiger partial charge in [0.2, 0.25) is 8.03 Å². The summed E-state index contributed by atoms with van der Waals surface area (Å²) in [7, 11) is -2.66. The normalized spacial score (nSPS) is 22.0. The Morgan fingerprint density at radius 2 is 2.38 bits per heavy atom. The van der Waals surface area contributed by atoms with Crippen LogP contribution in [0.5, 0.6) is 0 Å². The van der Waals surface area contributed by atoms with E-state index in [1.165, 1.54) is 0 Å². The highest BCUT2D eigenvalue weighted by atomic mass is 31.1. The van der Waals surface area contributed by atoms with E-state index < -0.39 is 8.03 Å². The van der Waals surface area contributed by atoms with E-state index in [9.17, 15) is 9.36 Å². The second kappa shape index (κ2) is 7.01. The number of amides is 1. The van der Waals surface area contributed by atoms with Crippen molar-refractivity contribution in [1.29, 1.82) is 0 Å². The van der Waals surface area contributed by atoms with Gasteiger partial charge in [-0.3, -0.25) is 14.2 Å². The summed E-state index contributed by atoms with van der Waals surface area (Å²) < 4.78 is 10.4. The minimum absolute atomic E-state index is 0.153. The maximum absolute atomic E-state index is 11.4. The third-order valence-electron chi connectivity index (χ3n) is 2.41. The molecule has 6 nitrogen and oxygen atoms in total. The van der Waals surface area contributed by atoms with Gasteiger partial charge in [0, 0.05) is 0 Å². The van der Waals surface area contributed by atoms with E-state index in [0.717, 1.165) is 30.9 Å². The molecule has 0 aromatic heterocycles. The molecular formula is C9H19N2O4P. The Labute approximate surface area is 95.8 Å². The quantitative estimate of drug-likeness (QED) is 0.369. The fraction of sp³-hybridized carbons (Fsp3) is 0.889. The fourth-order valence-corrected chi connectivity index (χ4v) is 1.71. The van der Waals surface area contributed by atoms with Crippen LogP contribution in [-0.4, -0.2) is 41.3 Å². The van der Waals surface area contributed by atoms with Crippen molar-refractivity contribution in [3.8, 4) is 0 Å². The van der Waals surface area contributed by atoms with E-state index in [1.54, 1.807) is 0 Å². The molecule has 2 unspecified atom stereocenters. The third-order valence-corrected chi connectivity index (χ3v) is 2.78. The molecule has 94 valence electrons. The van der Waals surface area contributed by atoms with Crippen molar-refractivity contribution in [2.45, 2.75) is 32.2 Å². The Morgan fingerprint density at radius 1 is 1.62 bits per heavy atom. The van der Waals surface area contributed by atoms with Crippen LogP contribution in [0.3, 0.4) is 0 Å². The van der Waals surface area contributed by atoms with Crippen molar-refractivity contribution < 1.29 is 19.1 Å². The van der Waals surface area contributed by atoms with Crippen molar-refractivity contribution in [2.75, 3.05) is 19.4 Å². The molecule has 0 saturated carbocycles. The van der Waals surface area contributed by atoms with Crippen molar-refractivity contribution in [3.05, 3.63) is 0 Å². The molecule has 2 N–H and O–H groups in total. The summed E-state index contributed by atoms with van der Waals surface area (Å²) in [5, 5.41) is 4.25. The molecule has 2 atom stereocenters. The maximum Gasteiger partial charge on any atom is 0.265 e. The number of hydrogen-bond acceptors (Lipinski definition) is 4. The molecule has 1 rings (SSSR count). The lowest BCUT2D eigenvalue weighted by Gasteiger charge is -2.37. The zero-order valence-corrected chi connectivity index (χ0v) is 10.4. The van der Waals surface area contributed by atoms with E-state index in [0.29, 0.717) is 6.54 Å². The Balaban J connectivity index is 2.07. The highest BCUT2D eigenvalue weighted by Crippen LogP contribution is 2.17. The lowest BCUT2D eigenvalue weighted by Crippen LogP contribution is -2.62. The summed E-state index contributed by atoms with van der Waals surface area (Å²) in [6, 6.07) is -0.183. The summed E-state index contributed by atoms with van der Waals surface area (Å²) >= 11 is 0. The van der Waals surface area contributed by atoms with Gasteiger partial charge in [0.05, 0.1) is 6.54 Å². The van der Waals surface area contributed by atoms with Crippen LogP contribution in [0.4, 0.5) is 0 Å². The van der Waals surface area contributed by atoms with Crippen molar-refractivity contribution in [1.82, 2.24) is 10.4 Å². The smallest absolute Gasteiger partial charge is 0.265 e. The van der Waals surface area contributed by atoms with Gasteiger partial charge in [-0.1, -0.05) is 19.8 Å². The average Bonchev–Trinajstić information content (AvgIpc) is 2.25. The van der Waals surface area contributed by atoms with Crippen LogP contribution in [-0.2, 0) is 14.2 Å². The number of carbonyl (C=O) groups is 1. The number of unbranched alkanes of at least 4 members (excludes halogenated alkanes) is 2. The molecule has 0 spiro atoms. The van der Waals surface area contributed by atoms with Gasteiger partial charge < -0.3 is 10.2 Å². The molecule has 1 aliphatic rings. The molecule has 0 aromatic carbocycles. The summed E-state index contributed by atoms with van der Waals surface area (Å²) in [5.74, 6) is -0.153. The van der Waals surface area contributed by atoms with Crippen molar-refractivity contribution in [2.24, 2.45) is 0 Å². The van der Waals surface area contributed by atoms with Gasteiger partial charge in [0.1, 0.15) is 12.4 Å². The van der Waals surface area contributed by atoms with E-state index in [4.69, 9.17) is 9.73 Å². The first-order valence-electron chi connectivity index (χ1n) is 5.54. The van der Waals surface area contributed by atoms with E-state index in [2.05, 4.69) is 12.2 Å². The zero-order chi connectivity index (χ0) is 12.0. The zero-order valence-electron chi connectivity index (χ0n) is 9.44. The molecule has 1 fully saturated rings. The lowest BCUT2D eigenvalue weighted by molar-refractivity contribution is -0.206. The third kappa shape index (κ3) is 4.22.